The van der Waals surface area contributed by atoms with E-state index in [0.717, 1.165) is 5.56 Å². The number of hydrogen-bond donors (Lipinski definition) is 2. The van der Waals surface area contributed by atoms with Crippen molar-refractivity contribution < 1.29 is 9.90 Å². The van der Waals surface area contributed by atoms with Gasteiger partial charge >= 0.3 is 0 Å². The molecule has 0 unspecified atom stereocenters. The van der Waals surface area contributed by atoms with Crippen molar-refractivity contribution in [1.82, 2.24) is 4.98 Å². The molecule has 20 heavy (non-hydrogen) atoms. The highest BCUT2D eigenvalue weighted by Crippen LogP contribution is 2.17. The second-order valence-corrected chi connectivity index (χ2v) is 5.03. The zero-order valence-electron chi connectivity index (χ0n) is 11.0. The third-order valence-corrected chi connectivity index (χ3v) is 3.40. The summed E-state index contributed by atoms with van der Waals surface area (Å²) in [6.07, 6.45) is 2.05. The van der Waals surface area contributed by atoms with Crippen molar-refractivity contribution >= 4 is 23.1 Å². The Bertz CT molecular complexity index is 668. The SMILES string of the molecule is Cc1ccnc(NC(=O)c2sccc2C#CCCO)c1. The number of hydrogen-bond acceptors (Lipinski definition) is 4. The molecule has 2 rings (SSSR count). The van der Waals surface area contributed by atoms with Crippen molar-refractivity contribution in [3.63, 3.8) is 0 Å². The number of pyridine rings is 1. The third kappa shape index (κ3) is 3.67. The number of anilines is 1. The minimum Gasteiger partial charge on any atom is -0.395 e. The Morgan fingerprint density at radius 3 is 3.10 bits per heavy atom. The summed E-state index contributed by atoms with van der Waals surface area (Å²) >= 11 is 1.33. The summed E-state index contributed by atoms with van der Waals surface area (Å²) in [5.41, 5.74) is 1.71. The van der Waals surface area contributed by atoms with Gasteiger partial charge in [-0.3, -0.25) is 4.79 Å². The maximum absolute atomic E-state index is 12.2. The van der Waals surface area contributed by atoms with Gasteiger partial charge in [-0.2, -0.15) is 0 Å². The molecule has 2 aromatic rings. The molecule has 0 saturated heterocycles. The van der Waals surface area contributed by atoms with Crippen LogP contribution in [0.2, 0.25) is 0 Å². The summed E-state index contributed by atoms with van der Waals surface area (Å²) in [4.78, 5) is 16.8. The molecule has 2 N–H and O–H groups in total. The predicted octanol–water partition coefficient (Wildman–Crippen LogP) is 2.44. The standard InChI is InChI=1S/C15H14N2O2S/c1-11-5-7-16-13(10-11)17-15(19)14-12(6-9-20-14)4-2-3-8-18/h5-7,9-10,18H,3,8H2,1H3,(H,16,17,19). The first-order valence-electron chi connectivity index (χ1n) is 6.12. The molecule has 1 amide bonds. The fourth-order valence-electron chi connectivity index (χ4n) is 1.57. The Kier molecular flexibility index (Phi) is 4.88. The molecule has 0 aromatic carbocycles. The van der Waals surface area contributed by atoms with Crippen molar-refractivity contribution in [2.45, 2.75) is 13.3 Å². The van der Waals surface area contributed by atoms with Crippen LogP contribution in [0.5, 0.6) is 0 Å². The van der Waals surface area contributed by atoms with Crippen LogP contribution in [-0.2, 0) is 0 Å². The van der Waals surface area contributed by atoms with Crippen LogP contribution in [-0.4, -0.2) is 22.6 Å². The number of aliphatic hydroxyl groups is 1. The van der Waals surface area contributed by atoms with Crippen LogP contribution in [0.3, 0.4) is 0 Å². The first kappa shape index (κ1) is 14.3. The predicted molar refractivity (Wildman–Crippen MR) is 79.8 cm³/mol. The number of aryl methyl sites for hydroxylation is 1. The van der Waals surface area contributed by atoms with Gasteiger partial charge in [-0.15, -0.1) is 11.3 Å². The number of aliphatic hydroxyl groups excluding tert-OH is 1. The molecular formula is C15H14N2O2S. The average Bonchev–Trinajstić information content (AvgIpc) is 2.87. The number of thiophene rings is 1. The van der Waals surface area contributed by atoms with E-state index in [2.05, 4.69) is 22.1 Å². The molecule has 0 radical (unpaired) electrons. The molecule has 0 spiro atoms. The largest absolute Gasteiger partial charge is 0.395 e. The summed E-state index contributed by atoms with van der Waals surface area (Å²) in [6, 6.07) is 5.48. The Hall–Kier alpha value is -2.16. The molecule has 0 aliphatic heterocycles. The van der Waals surface area contributed by atoms with Gasteiger partial charge in [-0.25, -0.2) is 4.98 Å². The molecule has 2 heterocycles. The molecule has 2 aromatic heterocycles. The average molecular weight is 286 g/mol. The minimum absolute atomic E-state index is 0.0197. The Morgan fingerprint density at radius 1 is 1.50 bits per heavy atom. The van der Waals surface area contributed by atoms with Crippen LogP contribution in [0, 0.1) is 18.8 Å². The lowest BCUT2D eigenvalue weighted by Gasteiger charge is -2.03. The number of carbonyl (C=O) groups is 1. The zero-order chi connectivity index (χ0) is 14.4. The normalized spacial score (nSPS) is 9.70. The summed E-state index contributed by atoms with van der Waals surface area (Å²) in [6.45, 7) is 1.96. The first-order chi connectivity index (χ1) is 9.70. The second-order valence-electron chi connectivity index (χ2n) is 4.11. The minimum atomic E-state index is -0.216. The third-order valence-electron chi connectivity index (χ3n) is 2.49. The van der Waals surface area contributed by atoms with Crippen molar-refractivity contribution in [2.24, 2.45) is 0 Å². The Labute approximate surface area is 121 Å². The maximum atomic E-state index is 12.2. The van der Waals surface area contributed by atoms with Gasteiger partial charge in [0.25, 0.3) is 5.91 Å². The molecule has 0 atom stereocenters. The maximum Gasteiger partial charge on any atom is 0.268 e. The number of rotatable bonds is 3. The van der Waals surface area contributed by atoms with E-state index < -0.39 is 0 Å². The molecule has 0 fully saturated rings. The fraction of sp³-hybridized carbons (Fsp3) is 0.200. The van der Waals surface area contributed by atoms with Gasteiger partial charge in [0.15, 0.2) is 0 Å². The van der Waals surface area contributed by atoms with Gasteiger partial charge < -0.3 is 10.4 Å². The van der Waals surface area contributed by atoms with Gasteiger partial charge in [0.1, 0.15) is 10.7 Å². The molecule has 102 valence electrons. The molecular weight excluding hydrogens is 272 g/mol. The number of aromatic nitrogens is 1. The van der Waals surface area contributed by atoms with E-state index in [0.29, 0.717) is 22.7 Å². The van der Waals surface area contributed by atoms with E-state index >= 15 is 0 Å². The van der Waals surface area contributed by atoms with Crippen LogP contribution in [0.15, 0.2) is 29.8 Å². The molecule has 0 aliphatic carbocycles. The number of nitrogens with zero attached hydrogens (tertiary/aromatic N) is 1. The van der Waals surface area contributed by atoms with Crippen LogP contribution in [0.1, 0.15) is 27.2 Å². The number of carbonyl (C=O) groups excluding carboxylic acids is 1. The van der Waals surface area contributed by atoms with Gasteiger partial charge in [-0.05, 0) is 36.1 Å². The molecule has 0 bridgehead atoms. The van der Waals surface area contributed by atoms with E-state index in [-0.39, 0.29) is 12.5 Å². The zero-order valence-corrected chi connectivity index (χ0v) is 11.8. The van der Waals surface area contributed by atoms with E-state index in [1.807, 2.05) is 24.4 Å². The van der Waals surface area contributed by atoms with Crippen molar-refractivity contribution in [2.75, 3.05) is 11.9 Å². The molecule has 0 aliphatic rings. The summed E-state index contributed by atoms with van der Waals surface area (Å²) in [5.74, 6) is 6.02. The highest BCUT2D eigenvalue weighted by Gasteiger charge is 2.12. The van der Waals surface area contributed by atoms with Gasteiger partial charge in [0.05, 0.1) is 6.61 Å². The first-order valence-corrected chi connectivity index (χ1v) is 7.00. The quantitative estimate of drug-likeness (QED) is 0.852. The lowest BCUT2D eigenvalue weighted by Crippen LogP contribution is -2.12. The lowest BCUT2D eigenvalue weighted by molar-refractivity contribution is 0.103. The van der Waals surface area contributed by atoms with Crippen molar-refractivity contribution in [3.8, 4) is 11.8 Å². The van der Waals surface area contributed by atoms with Crippen LogP contribution in [0.4, 0.5) is 5.82 Å². The van der Waals surface area contributed by atoms with E-state index in [1.54, 1.807) is 12.3 Å². The van der Waals surface area contributed by atoms with Crippen LogP contribution < -0.4 is 5.32 Å². The fourth-order valence-corrected chi connectivity index (χ4v) is 2.32. The van der Waals surface area contributed by atoms with E-state index in [4.69, 9.17) is 5.11 Å². The highest BCUT2D eigenvalue weighted by atomic mass is 32.1. The van der Waals surface area contributed by atoms with Crippen molar-refractivity contribution in [3.05, 3.63) is 45.8 Å². The Balaban J connectivity index is 2.14. The summed E-state index contributed by atoms with van der Waals surface area (Å²) in [5, 5.41) is 13.3. The lowest BCUT2D eigenvalue weighted by atomic mass is 10.2. The highest BCUT2D eigenvalue weighted by molar-refractivity contribution is 7.12. The van der Waals surface area contributed by atoms with Gasteiger partial charge in [0.2, 0.25) is 0 Å². The monoisotopic (exact) mass is 286 g/mol. The molecule has 0 saturated carbocycles. The second kappa shape index (κ2) is 6.85. The summed E-state index contributed by atoms with van der Waals surface area (Å²) in [7, 11) is 0. The van der Waals surface area contributed by atoms with Crippen LogP contribution in [0.25, 0.3) is 0 Å². The Morgan fingerprint density at radius 2 is 2.35 bits per heavy atom. The van der Waals surface area contributed by atoms with Crippen LogP contribution >= 0.6 is 11.3 Å². The smallest absolute Gasteiger partial charge is 0.268 e. The van der Waals surface area contributed by atoms with Gasteiger partial charge in [-0.1, -0.05) is 11.8 Å². The summed E-state index contributed by atoms with van der Waals surface area (Å²) < 4.78 is 0. The van der Waals surface area contributed by atoms with Crippen molar-refractivity contribution in [1.29, 1.82) is 0 Å². The molecule has 4 nitrogen and oxygen atoms in total. The topological polar surface area (TPSA) is 62.2 Å². The number of amides is 1. The number of nitrogens with one attached hydrogen (secondary N) is 1. The molecule has 5 heteroatoms. The van der Waals surface area contributed by atoms with Gasteiger partial charge in [0, 0.05) is 18.2 Å². The van der Waals surface area contributed by atoms with E-state index in [9.17, 15) is 4.79 Å². The van der Waals surface area contributed by atoms with E-state index in [1.165, 1.54) is 11.3 Å².